The second-order valence-corrected chi connectivity index (χ2v) is 5.94. The van der Waals surface area contributed by atoms with Crippen LogP contribution in [-0.2, 0) is 9.59 Å². The van der Waals surface area contributed by atoms with Gasteiger partial charge in [0, 0.05) is 28.6 Å². The molecule has 2 aromatic carbocycles. The summed E-state index contributed by atoms with van der Waals surface area (Å²) in [7, 11) is 0. The van der Waals surface area contributed by atoms with Crippen molar-refractivity contribution in [3.63, 3.8) is 0 Å². The van der Waals surface area contributed by atoms with E-state index in [1.54, 1.807) is 24.3 Å². The summed E-state index contributed by atoms with van der Waals surface area (Å²) in [4.78, 5) is 46.5. The van der Waals surface area contributed by atoms with E-state index in [1.165, 1.54) is 19.9 Å². The Hall–Kier alpha value is -3.94. The molecule has 0 aliphatic carbocycles. The first kappa shape index (κ1) is 20.4. The number of carbonyl (C=O) groups is 4. The average molecular weight is 382 g/mol. The van der Waals surface area contributed by atoms with Crippen molar-refractivity contribution in [2.24, 2.45) is 0 Å². The van der Waals surface area contributed by atoms with Gasteiger partial charge >= 0.3 is 5.97 Å². The molecule has 2 amide bonds. The number of carbonyl (C=O) groups excluding carboxylic acids is 3. The van der Waals surface area contributed by atoms with E-state index < -0.39 is 23.5 Å². The Labute approximate surface area is 160 Å². The third-order valence-electron chi connectivity index (χ3n) is 3.75. The number of rotatable bonds is 6. The lowest BCUT2D eigenvalue weighted by atomic mass is 10.1. The van der Waals surface area contributed by atoms with Gasteiger partial charge in [-0.25, -0.2) is 4.79 Å². The van der Waals surface area contributed by atoms with Gasteiger partial charge in [0.25, 0.3) is 5.91 Å². The van der Waals surface area contributed by atoms with Gasteiger partial charge in [-0.2, -0.15) is 0 Å². The average Bonchev–Trinajstić information content (AvgIpc) is 2.63. The van der Waals surface area contributed by atoms with Gasteiger partial charge in [0.15, 0.2) is 5.78 Å². The minimum atomic E-state index is -1.34. The summed E-state index contributed by atoms with van der Waals surface area (Å²) in [5, 5.41) is 23.5. The number of Topliss-reactive ketones (excluding diaryl/α,β-unsaturated/α-hetero) is 1. The van der Waals surface area contributed by atoms with Gasteiger partial charge in [-0.15, -0.1) is 0 Å². The Balaban J connectivity index is 2.04. The lowest BCUT2D eigenvalue weighted by Gasteiger charge is -2.07. The number of carboxylic acids is 1. The van der Waals surface area contributed by atoms with Gasteiger partial charge < -0.3 is 20.8 Å². The zero-order valence-corrected chi connectivity index (χ0v) is 15.1. The molecule has 0 radical (unpaired) electrons. The molecule has 28 heavy (non-hydrogen) atoms. The lowest BCUT2D eigenvalue weighted by molar-refractivity contribution is -0.114. The molecule has 0 spiro atoms. The topological polar surface area (TPSA) is 133 Å². The number of aromatic hydroxyl groups is 1. The molecular weight excluding hydrogens is 364 g/mol. The van der Waals surface area contributed by atoms with Crippen LogP contribution in [0.5, 0.6) is 5.75 Å². The fourth-order valence-electron chi connectivity index (χ4n) is 2.24. The van der Waals surface area contributed by atoms with Crippen LogP contribution in [0.25, 0.3) is 0 Å². The van der Waals surface area contributed by atoms with Crippen molar-refractivity contribution >= 4 is 34.9 Å². The summed E-state index contributed by atoms with van der Waals surface area (Å²) in [6.45, 7) is 2.88. The predicted octanol–water partition coefficient (Wildman–Crippen LogP) is 2.82. The number of ketones is 1. The summed E-state index contributed by atoms with van der Waals surface area (Å²) in [5.74, 6) is -3.00. The van der Waals surface area contributed by atoms with E-state index in [-0.39, 0.29) is 22.6 Å². The lowest BCUT2D eigenvalue weighted by Crippen LogP contribution is -2.16. The normalized spacial score (nSPS) is 10.9. The Kier molecular flexibility index (Phi) is 6.28. The third kappa shape index (κ3) is 5.28. The monoisotopic (exact) mass is 382 g/mol. The molecule has 0 fully saturated rings. The number of hydrogen-bond acceptors (Lipinski definition) is 5. The molecular formula is C20H18N2O6. The van der Waals surface area contributed by atoms with Crippen LogP contribution >= 0.6 is 0 Å². The molecule has 0 atom stereocenters. The van der Waals surface area contributed by atoms with Crippen molar-refractivity contribution < 1.29 is 29.4 Å². The number of aromatic carboxylic acids is 1. The summed E-state index contributed by atoms with van der Waals surface area (Å²) in [6, 6.07) is 9.89. The van der Waals surface area contributed by atoms with Crippen molar-refractivity contribution in [1.29, 1.82) is 0 Å². The maximum Gasteiger partial charge on any atom is 0.339 e. The van der Waals surface area contributed by atoms with Gasteiger partial charge in [0.2, 0.25) is 5.91 Å². The van der Waals surface area contributed by atoms with Crippen LogP contribution in [0.3, 0.4) is 0 Å². The van der Waals surface area contributed by atoms with Crippen LogP contribution in [0.1, 0.15) is 34.6 Å². The number of hydrogen-bond donors (Lipinski definition) is 4. The van der Waals surface area contributed by atoms with Crippen molar-refractivity contribution in [3.8, 4) is 5.75 Å². The number of carboxylic acid groups (broad SMARTS) is 1. The largest absolute Gasteiger partial charge is 0.507 e. The van der Waals surface area contributed by atoms with E-state index in [0.29, 0.717) is 11.3 Å². The van der Waals surface area contributed by atoms with E-state index in [2.05, 4.69) is 10.6 Å². The van der Waals surface area contributed by atoms with E-state index in [1.807, 2.05) is 0 Å². The molecule has 0 bridgehead atoms. The molecule has 0 saturated carbocycles. The van der Waals surface area contributed by atoms with Crippen molar-refractivity contribution in [1.82, 2.24) is 0 Å². The van der Waals surface area contributed by atoms with E-state index >= 15 is 0 Å². The van der Waals surface area contributed by atoms with E-state index in [9.17, 15) is 24.3 Å². The van der Waals surface area contributed by atoms with Crippen LogP contribution in [0, 0.1) is 0 Å². The quantitative estimate of drug-likeness (QED) is 0.345. The van der Waals surface area contributed by atoms with Crippen molar-refractivity contribution in [2.45, 2.75) is 13.8 Å². The second kappa shape index (κ2) is 8.63. The fraction of sp³-hybridized carbons (Fsp3) is 0.100. The second-order valence-electron chi connectivity index (χ2n) is 5.94. The molecule has 0 aliphatic heterocycles. The van der Waals surface area contributed by atoms with E-state index in [0.717, 1.165) is 18.2 Å². The molecule has 2 rings (SSSR count). The van der Waals surface area contributed by atoms with Gasteiger partial charge in [0.05, 0.1) is 0 Å². The van der Waals surface area contributed by atoms with Crippen molar-refractivity contribution in [3.05, 3.63) is 65.2 Å². The highest BCUT2D eigenvalue weighted by atomic mass is 16.4. The minimum absolute atomic E-state index is 0.0917. The first-order chi connectivity index (χ1) is 13.2. The third-order valence-corrected chi connectivity index (χ3v) is 3.75. The molecule has 0 saturated heterocycles. The maximum atomic E-state index is 12.2. The SMILES string of the molecule is CC(=O)c1ccc(NC(=O)/C(C)=C\C(=O)Nc2ccc(O)c(C(=O)O)c2)cc1. The first-order valence-electron chi connectivity index (χ1n) is 8.15. The summed E-state index contributed by atoms with van der Waals surface area (Å²) in [6.07, 6.45) is 1.06. The molecule has 8 heteroatoms. The zero-order valence-electron chi connectivity index (χ0n) is 15.1. The van der Waals surface area contributed by atoms with Crippen LogP contribution in [-0.4, -0.2) is 33.8 Å². The molecule has 8 nitrogen and oxygen atoms in total. The standard InChI is InChI=1S/C20H18N2O6/c1-11(19(26)22-14-5-3-13(4-6-14)12(2)23)9-18(25)21-15-7-8-17(24)16(10-15)20(27)28/h3-10,24H,1-2H3,(H,21,25)(H,22,26)(H,27,28)/b11-9-. The maximum absolute atomic E-state index is 12.2. The summed E-state index contributed by atoms with van der Waals surface area (Å²) in [5.41, 5.74) is 0.896. The van der Waals surface area contributed by atoms with Crippen LogP contribution in [0.2, 0.25) is 0 Å². The molecule has 0 unspecified atom stereocenters. The summed E-state index contributed by atoms with van der Waals surface area (Å²) >= 11 is 0. The fourth-order valence-corrected chi connectivity index (χ4v) is 2.24. The predicted molar refractivity (Wildman–Crippen MR) is 103 cm³/mol. The molecule has 0 aromatic heterocycles. The highest BCUT2D eigenvalue weighted by molar-refractivity contribution is 6.10. The van der Waals surface area contributed by atoms with Gasteiger partial charge in [-0.3, -0.25) is 14.4 Å². The molecule has 4 N–H and O–H groups in total. The molecule has 144 valence electrons. The van der Waals surface area contributed by atoms with Crippen molar-refractivity contribution in [2.75, 3.05) is 10.6 Å². The molecule has 2 aromatic rings. The Morgan fingerprint density at radius 1 is 0.893 bits per heavy atom. The molecule has 0 aliphatic rings. The number of amides is 2. The van der Waals surface area contributed by atoms with E-state index in [4.69, 9.17) is 5.11 Å². The number of benzene rings is 2. The number of phenols is 1. The minimum Gasteiger partial charge on any atom is -0.507 e. The Morgan fingerprint density at radius 3 is 2.07 bits per heavy atom. The Bertz CT molecular complexity index is 977. The Morgan fingerprint density at radius 2 is 1.50 bits per heavy atom. The number of nitrogens with one attached hydrogen (secondary N) is 2. The smallest absolute Gasteiger partial charge is 0.339 e. The van der Waals surface area contributed by atoms with Crippen LogP contribution in [0.15, 0.2) is 54.1 Å². The van der Waals surface area contributed by atoms with Gasteiger partial charge in [-0.1, -0.05) is 0 Å². The van der Waals surface area contributed by atoms with Gasteiger partial charge in [0.1, 0.15) is 11.3 Å². The number of anilines is 2. The zero-order chi connectivity index (χ0) is 20.8. The first-order valence-corrected chi connectivity index (χ1v) is 8.15. The highest BCUT2D eigenvalue weighted by Crippen LogP contribution is 2.21. The highest BCUT2D eigenvalue weighted by Gasteiger charge is 2.12. The van der Waals surface area contributed by atoms with Crippen LogP contribution in [0.4, 0.5) is 11.4 Å². The van der Waals surface area contributed by atoms with Crippen LogP contribution < -0.4 is 10.6 Å². The molecule has 0 heterocycles. The summed E-state index contributed by atoms with van der Waals surface area (Å²) < 4.78 is 0. The van der Waals surface area contributed by atoms with Gasteiger partial charge in [-0.05, 0) is 56.3 Å².